The van der Waals surface area contributed by atoms with Crippen molar-refractivity contribution in [2.24, 2.45) is 0 Å². The average molecular weight is 309 g/mol. The number of aliphatic hydroxyl groups is 1. The lowest BCUT2D eigenvalue weighted by atomic mass is 10.2. The molecule has 3 aromatic rings. The lowest BCUT2D eigenvalue weighted by molar-refractivity contribution is 0.289. The minimum Gasteiger partial charge on any atom is -0.419 e. The van der Waals surface area contributed by atoms with Crippen LogP contribution in [-0.2, 0) is 6.54 Å². The highest BCUT2D eigenvalue weighted by Gasteiger charge is 2.13. The molecular formula is C18H19N3O2. The van der Waals surface area contributed by atoms with Gasteiger partial charge in [-0.25, -0.2) is 0 Å². The first kappa shape index (κ1) is 15.2. The third-order valence-electron chi connectivity index (χ3n) is 3.52. The van der Waals surface area contributed by atoms with E-state index in [1.54, 1.807) is 0 Å². The van der Waals surface area contributed by atoms with E-state index < -0.39 is 0 Å². The Kier molecular flexibility index (Phi) is 5.01. The van der Waals surface area contributed by atoms with E-state index in [1.807, 2.05) is 60.7 Å². The van der Waals surface area contributed by atoms with Crippen LogP contribution in [0.3, 0.4) is 0 Å². The number of benzene rings is 2. The molecule has 0 unspecified atom stereocenters. The maximum atomic E-state index is 9.10. The van der Waals surface area contributed by atoms with Gasteiger partial charge in [0.25, 0.3) is 0 Å². The molecule has 0 aliphatic carbocycles. The second kappa shape index (κ2) is 7.56. The van der Waals surface area contributed by atoms with Gasteiger partial charge in [0.2, 0.25) is 11.8 Å². The van der Waals surface area contributed by atoms with Gasteiger partial charge in [0.1, 0.15) is 0 Å². The molecule has 2 aromatic carbocycles. The Morgan fingerprint density at radius 1 is 0.913 bits per heavy atom. The first-order valence-electron chi connectivity index (χ1n) is 7.65. The molecule has 1 heterocycles. The van der Waals surface area contributed by atoms with Crippen molar-refractivity contribution in [3.05, 3.63) is 66.6 Å². The first-order chi connectivity index (χ1) is 11.4. The van der Waals surface area contributed by atoms with Gasteiger partial charge in [-0.15, -0.1) is 10.2 Å². The third-order valence-corrected chi connectivity index (χ3v) is 3.52. The molecule has 5 heteroatoms. The first-order valence-corrected chi connectivity index (χ1v) is 7.65. The van der Waals surface area contributed by atoms with Crippen LogP contribution in [0.5, 0.6) is 0 Å². The van der Waals surface area contributed by atoms with Crippen LogP contribution >= 0.6 is 0 Å². The van der Waals surface area contributed by atoms with Gasteiger partial charge in [0, 0.05) is 24.4 Å². The normalized spacial score (nSPS) is 10.7. The van der Waals surface area contributed by atoms with Gasteiger partial charge >= 0.3 is 0 Å². The van der Waals surface area contributed by atoms with Gasteiger partial charge in [-0.1, -0.05) is 36.4 Å². The molecule has 0 radical (unpaired) electrons. The van der Waals surface area contributed by atoms with Gasteiger partial charge in [-0.2, -0.15) is 0 Å². The molecule has 0 fully saturated rings. The van der Waals surface area contributed by atoms with Crippen LogP contribution in [0.25, 0.3) is 11.5 Å². The fourth-order valence-corrected chi connectivity index (χ4v) is 2.38. The average Bonchev–Trinajstić information content (AvgIpc) is 3.09. The molecule has 0 saturated heterocycles. The number of hydrogen-bond donors (Lipinski definition) is 1. The Bertz CT molecular complexity index is 713. The smallest absolute Gasteiger partial charge is 0.247 e. The highest BCUT2D eigenvalue weighted by atomic mass is 16.4. The summed E-state index contributed by atoms with van der Waals surface area (Å²) in [6.45, 7) is 1.40. The van der Waals surface area contributed by atoms with E-state index in [4.69, 9.17) is 9.52 Å². The number of nitrogens with zero attached hydrogens (tertiary/aromatic N) is 3. The second-order valence-corrected chi connectivity index (χ2v) is 5.20. The van der Waals surface area contributed by atoms with Crippen LogP contribution in [0.4, 0.5) is 5.69 Å². The fraction of sp³-hybridized carbons (Fsp3) is 0.222. The van der Waals surface area contributed by atoms with Crippen molar-refractivity contribution in [1.29, 1.82) is 0 Å². The maximum Gasteiger partial charge on any atom is 0.247 e. The zero-order valence-electron chi connectivity index (χ0n) is 12.8. The summed E-state index contributed by atoms with van der Waals surface area (Å²) >= 11 is 0. The molecule has 23 heavy (non-hydrogen) atoms. The van der Waals surface area contributed by atoms with E-state index in [1.165, 1.54) is 0 Å². The predicted octanol–water partition coefficient (Wildman–Crippen LogP) is 3.13. The lowest BCUT2D eigenvalue weighted by Gasteiger charge is -2.22. The van der Waals surface area contributed by atoms with Crippen molar-refractivity contribution < 1.29 is 9.52 Å². The van der Waals surface area contributed by atoms with E-state index in [0.717, 1.165) is 17.8 Å². The fourth-order valence-electron chi connectivity index (χ4n) is 2.38. The maximum absolute atomic E-state index is 9.10. The zero-order valence-corrected chi connectivity index (χ0v) is 12.8. The van der Waals surface area contributed by atoms with Crippen molar-refractivity contribution in [1.82, 2.24) is 10.2 Å². The van der Waals surface area contributed by atoms with Gasteiger partial charge < -0.3 is 14.4 Å². The summed E-state index contributed by atoms with van der Waals surface area (Å²) in [7, 11) is 0. The van der Waals surface area contributed by atoms with E-state index in [2.05, 4.69) is 15.1 Å². The summed E-state index contributed by atoms with van der Waals surface area (Å²) in [4.78, 5) is 2.12. The summed E-state index contributed by atoms with van der Waals surface area (Å²) in [5.74, 6) is 1.08. The van der Waals surface area contributed by atoms with Crippen molar-refractivity contribution in [2.45, 2.75) is 13.0 Å². The largest absolute Gasteiger partial charge is 0.419 e. The summed E-state index contributed by atoms with van der Waals surface area (Å²) < 4.78 is 5.78. The Morgan fingerprint density at radius 2 is 1.61 bits per heavy atom. The molecule has 0 amide bonds. The van der Waals surface area contributed by atoms with Crippen molar-refractivity contribution >= 4 is 5.69 Å². The second-order valence-electron chi connectivity index (χ2n) is 5.20. The van der Waals surface area contributed by atoms with E-state index in [-0.39, 0.29) is 6.61 Å². The molecule has 0 saturated carbocycles. The number of hydrogen-bond acceptors (Lipinski definition) is 5. The van der Waals surface area contributed by atoms with E-state index >= 15 is 0 Å². The van der Waals surface area contributed by atoms with E-state index in [9.17, 15) is 0 Å². The molecule has 5 nitrogen and oxygen atoms in total. The van der Waals surface area contributed by atoms with Crippen LogP contribution in [0.2, 0.25) is 0 Å². The minimum atomic E-state index is 0.155. The van der Waals surface area contributed by atoms with Crippen LogP contribution in [0.1, 0.15) is 12.3 Å². The number of para-hydroxylation sites is 1. The minimum absolute atomic E-state index is 0.155. The van der Waals surface area contributed by atoms with Crippen molar-refractivity contribution in [3.8, 4) is 11.5 Å². The Labute approximate surface area is 135 Å². The molecule has 0 bridgehead atoms. The van der Waals surface area contributed by atoms with E-state index in [0.29, 0.717) is 24.7 Å². The number of aliphatic hydroxyl groups excluding tert-OH is 1. The van der Waals surface area contributed by atoms with Gasteiger partial charge in [-0.05, 0) is 30.7 Å². The highest BCUT2D eigenvalue weighted by Crippen LogP contribution is 2.20. The molecule has 1 aromatic heterocycles. The van der Waals surface area contributed by atoms with Gasteiger partial charge in [0.05, 0.1) is 6.54 Å². The summed E-state index contributed by atoms with van der Waals surface area (Å²) in [5, 5.41) is 17.4. The predicted molar refractivity (Wildman–Crippen MR) is 88.9 cm³/mol. The number of aromatic nitrogens is 2. The van der Waals surface area contributed by atoms with Gasteiger partial charge in [0.15, 0.2) is 0 Å². The van der Waals surface area contributed by atoms with Crippen LogP contribution in [-0.4, -0.2) is 28.5 Å². The summed E-state index contributed by atoms with van der Waals surface area (Å²) in [6.07, 6.45) is 0.689. The molecule has 0 atom stereocenters. The SMILES string of the molecule is OCCCN(Cc1nnc(-c2ccccc2)o1)c1ccccc1. The molecule has 0 aliphatic rings. The molecular weight excluding hydrogens is 290 g/mol. The highest BCUT2D eigenvalue weighted by molar-refractivity contribution is 5.52. The molecule has 118 valence electrons. The zero-order chi connectivity index (χ0) is 15.9. The number of rotatable bonds is 7. The topological polar surface area (TPSA) is 62.4 Å². The van der Waals surface area contributed by atoms with Gasteiger partial charge in [-0.3, -0.25) is 0 Å². The molecule has 3 rings (SSSR count). The lowest BCUT2D eigenvalue weighted by Crippen LogP contribution is -2.24. The molecule has 1 N–H and O–H groups in total. The monoisotopic (exact) mass is 309 g/mol. The summed E-state index contributed by atoms with van der Waals surface area (Å²) in [6, 6.07) is 19.7. The molecule has 0 aliphatic heterocycles. The van der Waals surface area contributed by atoms with Crippen molar-refractivity contribution in [3.63, 3.8) is 0 Å². The van der Waals surface area contributed by atoms with Crippen LogP contribution < -0.4 is 4.90 Å². The van der Waals surface area contributed by atoms with Crippen LogP contribution in [0, 0.1) is 0 Å². The Hall–Kier alpha value is -2.66. The Balaban J connectivity index is 1.76. The quantitative estimate of drug-likeness (QED) is 0.726. The number of anilines is 1. The summed E-state index contributed by atoms with van der Waals surface area (Å²) in [5.41, 5.74) is 1.98. The standard InChI is InChI=1S/C18H19N3O2/c22-13-7-12-21(16-10-5-2-6-11-16)14-17-19-20-18(23-17)15-8-3-1-4-9-15/h1-6,8-11,22H,7,12-14H2. The van der Waals surface area contributed by atoms with Crippen LogP contribution in [0.15, 0.2) is 65.1 Å². The Morgan fingerprint density at radius 3 is 2.30 bits per heavy atom. The molecule has 0 spiro atoms. The van der Waals surface area contributed by atoms with Crippen molar-refractivity contribution in [2.75, 3.05) is 18.1 Å². The third kappa shape index (κ3) is 3.96.